The second-order valence-corrected chi connectivity index (χ2v) is 5.87. The van der Waals surface area contributed by atoms with Crippen molar-refractivity contribution in [1.29, 1.82) is 0 Å². The lowest BCUT2D eigenvalue weighted by molar-refractivity contribution is -0.903. The minimum atomic E-state index is -0.714. The molecule has 7 nitrogen and oxygen atoms in total. The zero-order valence-corrected chi connectivity index (χ0v) is 13.6. The van der Waals surface area contributed by atoms with Crippen LogP contribution in [0.2, 0.25) is 0 Å². The molecule has 2 N–H and O–H groups in total. The average molecular weight is 320 g/mol. The van der Waals surface area contributed by atoms with Gasteiger partial charge in [0.15, 0.2) is 0 Å². The summed E-state index contributed by atoms with van der Waals surface area (Å²) in [5, 5.41) is 12.3. The van der Waals surface area contributed by atoms with E-state index in [1.165, 1.54) is 30.2 Å². The highest BCUT2D eigenvalue weighted by Crippen LogP contribution is 2.07. The molecule has 23 heavy (non-hydrogen) atoms. The number of aliphatic imine (C=N–C) groups is 1. The minimum Gasteiger partial charge on any atom is -0.859 e. The number of piperidine rings is 1. The highest BCUT2D eigenvalue weighted by atomic mass is 16.3. The van der Waals surface area contributed by atoms with E-state index in [1.54, 1.807) is 6.92 Å². The van der Waals surface area contributed by atoms with Gasteiger partial charge in [-0.1, -0.05) is 6.08 Å². The van der Waals surface area contributed by atoms with E-state index in [9.17, 15) is 14.7 Å². The molecule has 1 aliphatic heterocycles. The third-order valence-electron chi connectivity index (χ3n) is 4.20. The Morgan fingerprint density at radius 3 is 2.74 bits per heavy atom. The molecule has 0 amide bonds. The molecule has 0 saturated carbocycles. The Labute approximate surface area is 135 Å². The van der Waals surface area contributed by atoms with Gasteiger partial charge in [0.1, 0.15) is 0 Å². The Hall–Kier alpha value is -2.15. The summed E-state index contributed by atoms with van der Waals surface area (Å²) in [5.41, 5.74) is -1.06. The van der Waals surface area contributed by atoms with Gasteiger partial charge in [-0.2, -0.15) is 0 Å². The van der Waals surface area contributed by atoms with Crippen molar-refractivity contribution >= 4 is 5.71 Å². The van der Waals surface area contributed by atoms with Gasteiger partial charge in [0.05, 0.1) is 31.7 Å². The summed E-state index contributed by atoms with van der Waals surface area (Å²) in [7, 11) is 0. The maximum absolute atomic E-state index is 12.3. The molecule has 0 radical (unpaired) electrons. The van der Waals surface area contributed by atoms with Crippen LogP contribution in [-0.2, 0) is 6.54 Å². The molecule has 1 aromatic rings. The molecule has 126 valence electrons. The lowest BCUT2D eigenvalue weighted by Gasteiger charge is -2.23. The van der Waals surface area contributed by atoms with Crippen LogP contribution in [0.15, 0.2) is 27.2 Å². The van der Waals surface area contributed by atoms with Crippen LogP contribution in [0.4, 0.5) is 0 Å². The summed E-state index contributed by atoms with van der Waals surface area (Å²) in [6, 6.07) is 0. The number of aromatic amines is 1. The standard InChI is InChI=1S/C16H24N4O3/c1-3-8-20-15(22)13(14(21)18-16(20)23)12(2)17-7-11-19-9-5-4-6-10-19/h3,22H,1,4-11H2,2H3,(H,18,21,23). The molecule has 7 heteroatoms. The van der Waals surface area contributed by atoms with Crippen LogP contribution in [0.1, 0.15) is 31.7 Å². The number of likely N-dealkylation sites (tertiary alicyclic amines) is 1. The Morgan fingerprint density at radius 2 is 2.09 bits per heavy atom. The minimum absolute atomic E-state index is 0.0555. The van der Waals surface area contributed by atoms with Crippen LogP contribution in [0, 0.1) is 0 Å². The normalized spacial score (nSPS) is 16.5. The van der Waals surface area contributed by atoms with E-state index in [-0.39, 0.29) is 12.1 Å². The van der Waals surface area contributed by atoms with E-state index >= 15 is 0 Å². The lowest BCUT2D eigenvalue weighted by atomic mass is 10.1. The maximum atomic E-state index is 12.3. The molecule has 0 unspecified atom stereocenters. The Bertz CT molecular complexity index is 696. The topological polar surface area (TPSA) is 94.7 Å². The SMILES string of the molecule is C=CCn1c([O-])c(C(C)=NCC[NH+]2CCCCC2)c(=O)[nH]c1=O. The smallest absolute Gasteiger partial charge is 0.328 e. The monoisotopic (exact) mass is 320 g/mol. The predicted molar refractivity (Wildman–Crippen MR) is 87.5 cm³/mol. The Balaban J connectivity index is 2.17. The van der Waals surface area contributed by atoms with Gasteiger partial charge in [0.2, 0.25) is 0 Å². The van der Waals surface area contributed by atoms with E-state index in [4.69, 9.17) is 0 Å². The van der Waals surface area contributed by atoms with Gasteiger partial charge in [0.25, 0.3) is 5.56 Å². The molecular weight excluding hydrogens is 296 g/mol. The van der Waals surface area contributed by atoms with Crippen molar-refractivity contribution in [3.63, 3.8) is 0 Å². The second-order valence-electron chi connectivity index (χ2n) is 5.87. The van der Waals surface area contributed by atoms with Gasteiger partial charge in [-0.25, -0.2) is 4.79 Å². The number of nitrogens with one attached hydrogen (secondary N) is 2. The molecule has 1 aromatic heterocycles. The molecular formula is C16H24N4O3. The van der Waals surface area contributed by atoms with E-state index in [2.05, 4.69) is 16.6 Å². The van der Waals surface area contributed by atoms with E-state index in [1.807, 2.05) is 0 Å². The number of quaternary nitrogens is 1. The molecule has 1 saturated heterocycles. The van der Waals surface area contributed by atoms with Crippen LogP contribution in [0.5, 0.6) is 5.88 Å². The van der Waals surface area contributed by atoms with Gasteiger partial charge in [-0.3, -0.25) is 14.8 Å². The fraction of sp³-hybridized carbons (Fsp3) is 0.562. The maximum Gasteiger partial charge on any atom is 0.328 e. The summed E-state index contributed by atoms with van der Waals surface area (Å²) in [5.74, 6) is -0.606. The highest BCUT2D eigenvalue weighted by molar-refractivity contribution is 6.00. The number of H-pyrrole nitrogens is 1. The molecule has 0 bridgehead atoms. The molecule has 0 atom stereocenters. The molecule has 0 spiro atoms. The molecule has 1 aliphatic rings. The van der Waals surface area contributed by atoms with E-state index in [0.29, 0.717) is 12.3 Å². The van der Waals surface area contributed by atoms with Crippen LogP contribution < -0.4 is 21.3 Å². The first kappa shape index (κ1) is 17.2. The van der Waals surface area contributed by atoms with Crippen LogP contribution in [0.3, 0.4) is 0 Å². The van der Waals surface area contributed by atoms with Crippen molar-refractivity contribution in [1.82, 2.24) is 9.55 Å². The first-order chi connectivity index (χ1) is 11.0. The predicted octanol–water partition coefficient (Wildman–Crippen LogP) is -1.33. The molecule has 2 rings (SSSR count). The number of allylic oxidation sites excluding steroid dienone is 1. The molecule has 0 aliphatic carbocycles. The fourth-order valence-electron chi connectivity index (χ4n) is 2.93. The number of aromatic nitrogens is 2. The zero-order valence-electron chi connectivity index (χ0n) is 13.6. The summed E-state index contributed by atoms with van der Waals surface area (Å²) in [4.78, 5) is 31.7. The van der Waals surface area contributed by atoms with Crippen molar-refractivity contribution in [2.75, 3.05) is 26.2 Å². The van der Waals surface area contributed by atoms with Gasteiger partial charge in [0, 0.05) is 12.3 Å². The number of hydrogen-bond acceptors (Lipinski definition) is 4. The van der Waals surface area contributed by atoms with Gasteiger partial charge in [-0.05, 0) is 32.1 Å². The van der Waals surface area contributed by atoms with E-state index in [0.717, 1.165) is 24.2 Å². The fourth-order valence-corrected chi connectivity index (χ4v) is 2.93. The largest absolute Gasteiger partial charge is 0.859 e. The number of rotatable bonds is 6. The number of nitrogens with zero attached hydrogens (tertiary/aromatic N) is 2. The van der Waals surface area contributed by atoms with Gasteiger partial charge >= 0.3 is 5.69 Å². The molecule has 2 heterocycles. The van der Waals surface area contributed by atoms with Crippen molar-refractivity contribution in [2.45, 2.75) is 32.7 Å². The summed E-state index contributed by atoms with van der Waals surface area (Å²) in [6.45, 7) is 9.00. The number of hydrogen-bond donors (Lipinski definition) is 2. The lowest BCUT2D eigenvalue weighted by Crippen LogP contribution is -3.13. The van der Waals surface area contributed by atoms with Crippen LogP contribution in [-0.4, -0.2) is 41.4 Å². The zero-order chi connectivity index (χ0) is 16.8. The first-order valence-corrected chi connectivity index (χ1v) is 8.04. The van der Waals surface area contributed by atoms with Crippen LogP contribution >= 0.6 is 0 Å². The second kappa shape index (κ2) is 7.92. The quantitative estimate of drug-likeness (QED) is 0.502. The van der Waals surface area contributed by atoms with Crippen molar-refractivity contribution < 1.29 is 10.0 Å². The molecule has 0 aromatic carbocycles. The summed E-state index contributed by atoms with van der Waals surface area (Å²) in [6.07, 6.45) is 5.23. The van der Waals surface area contributed by atoms with Gasteiger partial charge in [-0.15, -0.1) is 6.58 Å². The Kier molecular flexibility index (Phi) is 5.92. The first-order valence-electron chi connectivity index (χ1n) is 8.04. The van der Waals surface area contributed by atoms with Crippen molar-refractivity contribution in [3.8, 4) is 5.88 Å². The summed E-state index contributed by atoms with van der Waals surface area (Å²) < 4.78 is 0.957. The third-order valence-corrected chi connectivity index (χ3v) is 4.20. The van der Waals surface area contributed by atoms with Crippen molar-refractivity contribution in [2.24, 2.45) is 4.99 Å². The van der Waals surface area contributed by atoms with Crippen LogP contribution in [0.25, 0.3) is 0 Å². The third kappa shape index (κ3) is 4.19. The van der Waals surface area contributed by atoms with E-state index < -0.39 is 17.1 Å². The van der Waals surface area contributed by atoms with Crippen molar-refractivity contribution in [3.05, 3.63) is 39.1 Å². The van der Waals surface area contributed by atoms with Gasteiger partial charge < -0.3 is 14.6 Å². The molecule has 1 fully saturated rings. The summed E-state index contributed by atoms with van der Waals surface area (Å²) >= 11 is 0. The Morgan fingerprint density at radius 1 is 1.39 bits per heavy atom. The average Bonchev–Trinajstić information content (AvgIpc) is 2.52. The highest BCUT2D eigenvalue weighted by Gasteiger charge is 2.13.